The summed E-state index contributed by atoms with van der Waals surface area (Å²) in [5, 5.41) is 27.2. The highest BCUT2D eigenvalue weighted by molar-refractivity contribution is 4.76. The molecule has 0 amide bonds. The number of nitriles is 1. The monoisotopic (exact) mass is 229 g/mol. The molecule has 0 bridgehead atoms. The molecule has 1 aliphatic rings. The minimum absolute atomic E-state index is 0.0387. The SMILES string of the molecule is N#CC[C@H](O)C[C@H](O)COC1CCCCO1. The Morgan fingerprint density at radius 3 is 2.81 bits per heavy atom. The highest BCUT2D eigenvalue weighted by Gasteiger charge is 2.17. The van der Waals surface area contributed by atoms with Crippen molar-refractivity contribution in [1.82, 2.24) is 0 Å². The Morgan fingerprint density at radius 2 is 2.19 bits per heavy atom. The van der Waals surface area contributed by atoms with E-state index >= 15 is 0 Å². The summed E-state index contributed by atoms with van der Waals surface area (Å²) in [6.45, 7) is 0.852. The molecule has 2 N–H and O–H groups in total. The largest absolute Gasteiger partial charge is 0.392 e. The van der Waals surface area contributed by atoms with Gasteiger partial charge in [-0.1, -0.05) is 0 Å². The molecule has 0 aliphatic carbocycles. The number of rotatable bonds is 6. The van der Waals surface area contributed by atoms with Gasteiger partial charge in [0.2, 0.25) is 0 Å². The number of hydrogen-bond acceptors (Lipinski definition) is 5. The van der Waals surface area contributed by atoms with Crippen molar-refractivity contribution in [3.05, 3.63) is 0 Å². The van der Waals surface area contributed by atoms with E-state index < -0.39 is 12.2 Å². The van der Waals surface area contributed by atoms with Crippen LogP contribution in [0.15, 0.2) is 0 Å². The third-order valence-electron chi connectivity index (χ3n) is 2.48. The van der Waals surface area contributed by atoms with E-state index in [4.69, 9.17) is 14.7 Å². The van der Waals surface area contributed by atoms with Gasteiger partial charge in [-0.15, -0.1) is 0 Å². The number of nitrogens with zero attached hydrogens (tertiary/aromatic N) is 1. The Morgan fingerprint density at radius 1 is 1.38 bits per heavy atom. The fourth-order valence-electron chi connectivity index (χ4n) is 1.63. The quantitative estimate of drug-likeness (QED) is 0.695. The van der Waals surface area contributed by atoms with Crippen molar-refractivity contribution in [2.45, 2.75) is 50.6 Å². The molecule has 92 valence electrons. The molecule has 5 heteroatoms. The second-order valence-electron chi connectivity index (χ2n) is 4.04. The lowest BCUT2D eigenvalue weighted by Gasteiger charge is -2.24. The summed E-state index contributed by atoms with van der Waals surface area (Å²) in [6.07, 6.45) is 1.45. The van der Waals surface area contributed by atoms with Crippen molar-refractivity contribution >= 4 is 0 Å². The third kappa shape index (κ3) is 5.42. The zero-order chi connectivity index (χ0) is 11.8. The molecule has 1 saturated heterocycles. The van der Waals surface area contributed by atoms with Crippen molar-refractivity contribution in [1.29, 1.82) is 5.26 Å². The van der Waals surface area contributed by atoms with Crippen LogP contribution in [0.25, 0.3) is 0 Å². The molecule has 0 saturated carbocycles. The summed E-state index contributed by atoms with van der Waals surface area (Å²) in [7, 11) is 0. The van der Waals surface area contributed by atoms with Gasteiger partial charge in [-0.05, 0) is 19.3 Å². The van der Waals surface area contributed by atoms with Gasteiger partial charge in [0.1, 0.15) is 0 Å². The molecule has 1 fully saturated rings. The highest BCUT2D eigenvalue weighted by Crippen LogP contribution is 2.14. The standard InChI is InChI=1S/C11H19NO4/c12-5-4-9(13)7-10(14)8-16-11-3-1-2-6-15-11/h9-11,13-14H,1-4,6-8H2/t9-,10-,11?/m0/s1. The maximum absolute atomic E-state index is 9.53. The van der Waals surface area contributed by atoms with Crippen LogP contribution in [-0.4, -0.2) is 41.9 Å². The van der Waals surface area contributed by atoms with Gasteiger partial charge in [-0.2, -0.15) is 5.26 Å². The van der Waals surface area contributed by atoms with Crippen molar-refractivity contribution in [2.75, 3.05) is 13.2 Å². The summed E-state index contributed by atoms with van der Waals surface area (Å²) >= 11 is 0. The van der Waals surface area contributed by atoms with E-state index in [1.165, 1.54) is 0 Å². The van der Waals surface area contributed by atoms with Crippen LogP contribution >= 0.6 is 0 Å². The summed E-state index contributed by atoms with van der Waals surface area (Å²) in [4.78, 5) is 0. The Bertz CT molecular complexity index is 223. The number of ether oxygens (including phenoxy) is 2. The molecule has 1 heterocycles. The second kappa shape index (κ2) is 7.58. The van der Waals surface area contributed by atoms with Gasteiger partial charge in [-0.25, -0.2) is 0 Å². The first kappa shape index (κ1) is 13.4. The van der Waals surface area contributed by atoms with E-state index in [1.807, 2.05) is 6.07 Å². The Balaban J connectivity index is 2.09. The Labute approximate surface area is 95.6 Å². The lowest BCUT2D eigenvalue weighted by molar-refractivity contribution is -0.177. The van der Waals surface area contributed by atoms with Crippen molar-refractivity contribution in [3.63, 3.8) is 0 Å². The molecule has 1 aliphatic heterocycles. The first-order valence-corrected chi connectivity index (χ1v) is 5.68. The molecule has 3 atom stereocenters. The van der Waals surface area contributed by atoms with Crippen molar-refractivity contribution in [3.8, 4) is 6.07 Å². The predicted octanol–water partition coefficient (Wildman–Crippen LogP) is 0.555. The van der Waals surface area contributed by atoms with Crippen LogP contribution in [0.4, 0.5) is 0 Å². The van der Waals surface area contributed by atoms with Crippen LogP contribution in [0.3, 0.4) is 0 Å². The minimum Gasteiger partial charge on any atom is -0.392 e. The Hall–Kier alpha value is -0.670. The first-order valence-electron chi connectivity index (χ1n) is 5.68. The van der Waals surface area contributed by atoms with E-state index in [2.05, 4.69) is 0 Å². The fourth-order valence-corrected chi connectivity index (χ4v) is 1.63. The van der Waals surface area contributed by atoms with Crippen LogP contribution < -0.4 is 0 Å². The summed E-state index contributed by atoms with van der Waals surface area (Å²) in [5.41, 5.74) is 0. The lowest BCUT2D eigenvalue weighted by Crippen LogP contribution is -2.28. The van der Waals surface area contributed by atoms with Crippen LogP contribution in [-0.2, 0) is 9.47 Å². The van der Waals surface area contributed by atoms with E-state index in [0.29, 0.717) is 6.61 Å². The zero-order valence-electron chi connectivity index (χ0n) is 9.34. The summed E-state index contributed by atoms with van der Waals surface area (Å²) < 4.78 is 10.7. The predicted molar refractivity (Wildman–Crippen MR) is 56.4 cm³/mol. The third-order valence-corrected chi connectivity index (χ3v) is 2.48. The smallest absolute Gasteiger partial charge is 0.157 e. The van der Waals surface area contributed by atoms with E-state index in [9.17, 15) is 10.2 Å². The molecule has 16 heavy (non-hydrogen) atoms. The molecule has 0 radical (unpaired) electrons. The maximum Gasteiger partial charge on any atom is 0.157 e. The van der Waals surface area contributed by atoms with Gasteiger partial charge in [0.15, 0.2) is 6.29 Å². The van der Waals surface area contributed by atoms with Gasteiger partial charge in [0.25, 0.3) is 0 Å². The van der Waals surface area contributed by atoms with E-state index in [1.54, 1.807) is 0 Å². The number of aliphatic hydroxyl groups excluding tert-OH is 2. The molecule has 1 rings (SSSR count). The zero-order valence-corrected chi connectivity index (χ0v) is 9.34. The van der Waals surface area contributed by atoms with Crippen LogP contribution in [0.5, 0.6) is 0 Å². The molecule has 1 unspecified atom stereocenters. The molecular formula is C11H19NO4. The van der Waals surface area contributed by atoms with Gasteiger partial charge in [-0.3, -0.25) is 0 Å². The lowest BCUT2D eigenvalue weighted by atomic mass is 10.1. The van der Waals surface area contributed by atoms with Crippen LogP contribution in [0, 0.1) is 11.3 Å². The molecule has 0 aromatic carbocycles. The first-order chi connectivity index (χ1) is 7.72. The van der Waals surface area contributed by atoms with Crippen LogP contribution in [0.2, 0.25) is 0 Å². The fraction of sp³-hybridized carbons (Fsp3) is 0.909. The van der Waals surface area contributed by atoms with Gasteiger partial charge in [0.05, 0.1) is 31.3 Å². The average Bonchev–Trinajstić information content (AvgIpc) is 2.28. The number of aliphatic hydroxyl groups is 2. The van der Waals surface area contributed by atoms with Gasteiger partial charge < -0.3 is 19.7 Å². The topological polar surface area (TPSA) is 82.7 Å². The van der Waals surface area contributed by atoms with Gasteiger partial charge >= 0.3 is 0 Å². The molecular weight excluding hydrogens is 210 g/mol. The Kier molecular flexibility index (Phi) is 6.34. The van der Waals surface area contributed by atoms with Crippen LogP contribution in [0.1, 0.15) is 32.1 Å². The van der Waals surface area contributed by atoms with E-state index in [0.717, 1.165) is 19.3 Å². The van der Waals surface area contributed by atoms with Gasteiger partial charge in [0, 0.05) is 13.0 Å². The molecule has 0 aromatic heterocycles. The normalized spacial score (nSPS) is 24.7. The minimum atomic E-state index is -0.782. The second-order valence-corrected chi connectivity index (χ2v) is 4.04. The van der Waals surface area contributed by atoms with Crippen molar-refractivity contribution < 1.29 is 19.7 Å². The van der Waals surface area contributed by atoms with Crippen molar-refractivity contribution in [2.24, 2.45) is 0 Å². The summed E-state index contributed by atoms with van der Waals surface area (Å²) in [6, 6.07) is 1.85. The summed E-state index contributed by atoms with van der Waals surface area (Å²) in [5.74, 6) is 0. The molecule has 0 aromatic rings. The average molecular weight is 229 g/mol. The van der Waals surface area contributed by atoms with E-state index in [-0.39, 0.29) is 25.7 Å². The maximum atomic E-state index is 9.53. The molecule has 0 spiro atoms. The number of hydrogen-bond donors (Lipinski definition) is 2. The highest BCUT2D eigenvalue weighted by atomic mass is 16.7. The molecule has 5 nitrogen and oxygen atoms in total.